The van der Waals surface area contributed by atoms with Crippen molar-refractivity contribution in [3.63, 3.8) is 0 Å². The van der Waals surface area contributed by atoms with E-state index in [4.69, 9.17) is 4.74 Å². The highest BCUT2D eigenvalue weighted by molar-refractivity contribution is 5.95. The Morgan fingerprint density at radius 3 is 2.59 bits per heavy atom. The lowest BCUT2D eigenvalue weighted by molar-refractivity contribution is -0.129. The molecule has 0 bridgehead atoms. The number of hydrogen-bond donors (Lipinski definition) is 1. The van der Waals surface area contributed by atoms with Gasteiger partial charge in [0.1, 0.15) is 23.0 Å². The van der Waals surface area contributed by atoms with Gasteiger partial charge in [-0.05, 0) is 62.6 Å². The highest BCUT2D eigenvalue weighted by Gasteiger charge is 2.39. The number of likely N-dealkylation sites (tertiary alicyclic amines) is 2. The number of carbonyl (C=O) groups excluding carboxylic acids is 3. The molecule has 2 aromatic carbocycles. The van der Waals surface area contributed by atoms with Crippen molar-refractivity contribution in [1.82, 2.24) is 30.3 Å². The maximum atomic E-state index is 13.2. The third kappa shape index (κ3) is 5.59. The van der Waals surface area contributed by atoms with Gasteiger partial charge in [-0.15, -0.1) is 10.2 Å². The number of amides is 3. The lowest BCUT2D eigenvalue weighted by atomic mass is 10.1. The SMILES string of the molecule is Cc1ncc(-c2ccc(Oc3cc(C(=O)NC4CC(=O)N(C5CC5)C4)ccc3CN3CCCC3=O)cc2)nn1. The fourth-order valence-corrected chi connectivity index (χ4v) is 5.12. The van der Waals surface area contributed by atoms with E-state index in [1.54, 1.807) is 25.3 Å². The lowest BCUT2D eigenvalue weighted by Crippen LogP contribution is -2.37. The van der Waals surface area contributed by atoms with Crippen LogP contribution in [0.4, 0.5) is 0 Å². The zero-order valence-corrected chi connectivity index (χ0v) is 21.8. The van der Waals surface area contributed by atoms with Crippen LogP contribution in [-0.4, -0.2) is 67.9 Å². The van der Waals surface area contributed by atoms with Gasteiger partial charge in [0.25, 0.3) is 5.91 Å². The van der Waals surface area contributed by atoms with Crippen LogP contribution in [0.5, 0.6) is 11.5 Å². The molecule has 1 aliphatic carbocycles. The molecule has 200 valence electrons. The molecular weight excluding hydrogens is 496 g/mol. The summed E-state index contributed by atoms with van der Waals surface area (Å²) >= 11 is 0. The molecule has 3 fully saturated rings. The van der Waals surface area contributed by atoms with E-state index in [1.807, 2.05) is 40.1 Å². The van der Waals surface area contributed by atoms with Crippen molar-refractivity contribution in [1.29, 1.82) is 0 Å². The van der Waals surface area contributed by atoms with Crippen molar-refractivity contribution in [2.24, 2.45) is 0 Å². The van der Waals surface area contributed by atoms with E-state index in [-0.39, 0.29) is 23.8 Å². The van der Waals surface area contributed by atoms with Gasteiger partial charge in [0.15, 0.2) is 0 Å². The van der Waals surface area contributed by atoms with Crippen LogP contribution < -0.4 is 10.1 Å². The summed E-state index contributed by atoms with van der Waals surface area (Å²) < 4.78 is 6.27. The van der Waals surface area contributed by atoms with E-state index in [0.29, 0.717) is 67.1 Å². The molecule has 3 amide bonds. The Morgan fingerprint density at radius 2 is 1.90 bits per heavy atom. The van der Waals surface area contributed by atoms with Crippen molar-refractivity contribution in [2.75, 3.05) is 13.1 Å². The Morgan fingerprint density at radius 1 is 1.08 bits per heavy atom. The zero-order valence-electron chi connectivity index (χ0n) is 21.8. The Kier molecular flexibility index (Phi) is 6.68. The topological polar surface area (TPSA) is 118 Å². The molecule has 39 heavy (non-hydrogen) atoms. The number of nitrogens with zero attached hydrogens (tertiary/aromatic N) is 5. The molecule has 1 N–H and O–H groups in total. The lowest BCUT2D eigenvalue weighted by Gasteiger charge is -2.20. The minimum Gasteiger partial charge on any atom is -0.457 e. The summed E-state index contributed by atoms with van der Waals surface area (Å²) in [7, 11) is 0. The van der Waals surface area contributed by atoms with E-state index in [2.05, 4.69) is 20.5 Å². The summed E-state index contributed by atoms with van der Waals surface area (Å²) in [6.07, 6.45) is 5.48. The van der Waals surface area contributed by atoms with Crippen LogP contribution >= 0.6 is 0 Å². The standard InChI is InChI=1S/C29H30N6O4/c1-18-30-15-25(33-32-18)19-6-10-24(11-7-19)39-26-13-20(4-5-21(26)16-34-12-2-3-27(34)36)29(38)31-22-14-28(37)35(17-22)23-8-9-23/h4-7,10-11,13,15,22-23H,2-3,8-9,12,14,16-17H2,1H3,(H,31,38). The molecule has 1 saturated carbocycles. The van der Waals surface area contributed by atoms with Crippen molar-refractivity contribution in [3.8, 4) is 22.8 Å². The largest absolute Gasteiger partial charge is 0.457 e. The predicted molar refractivity (Wildman–Crippen MR) is 142 cm³/mol. The van der Waals surface area contributed by atoms with Gasteiger partial charge in [-0.25, -0.2) is 4.98 Å². The number of hydrogen-bond acceptors (Lipinski definition) is 7. The summed E-state index contributed by atoms with van der Waals surface area (Å²) in [5.41, 5.74) is 2.77. The van der Waals surface area contributed by atoms with Crippen LogP contribution in [0.3, 0.4) is 0 Å². The van der Waals surface area contributed by atoms with E-state index >= 15 is 0 Å². The summed E-state index contributed by atoms with van der Waals surface area (Å²) in [5.74, 6) is 1.67. The molecule has 10 nitrogen and oxygen atoms in total. The number of aryl methyl sites for hydroxylation is 1. The molecule has 1 aromatic heterocycles. The third-order valence-electron chi connectivity index (χ3n) is 7.40. The molecular formula is C29H30N6O4. The molecule has 2 aliphatic heterocycles. The van der Waals surface area contributed by atoms with Crippen molar-refractivity contribution in [2.45, 2.75) is 57.7 Å². The molecule has 6 rings (SSSR count). The van der Waals surface area contributed by atoms with Crippen molar-refractivity contribution < 1.29 is 19.1 Å². The second kappa shape index (κ2) is 10.4. The molecule has 3 aliphatic rings. The smallest absolute Gasteiger partial charge is 0.251 e. The number of carbonyl (C=O) groups is 3. The maximum Gasteiger partial charge on any atom is 0.251 e. The first-order valence-corrected chi connectivity index (χ1v) is 13.4. The van der Waals surface area contributed by atoms with Gasteiger partial charge in [-0.3, -0.25) is 14.4 Å². The van der Waals surface area contributed by atoms with Gasteiger partial charge >= 0.3 is 0 Å². The monoisotopic (exact) mass is 526 g/mol. The first kappa shape index (κ1) is 25.0. The van der Waals surface area contributed by atoms with Gasteiger partial charge < -0.3 is 19.9 Å². The van der Waals surface area contributed by atoms with Gasteiger partial charge in [-0.2, -0.15) is 0 Å². The van der Waals surface area contributed by atoms with Crippen LogP contribution in [0.15, 0.2) is 48.7 Å². The van der Waals surface area contributed by atoms with Crippen molar-refractivity contribution in [3.05, 3.63) is 65.6 Å². The van der Waals surface area contributed by atoms with E-state index in [1.165, 1.54) is 0 Å². The summed E-state index contributed by atoms with van der Waals surface area (Å²) in [4.78, 5) is 45.7. The molecule has 3 heterocycles. The molecule has 0 radical (unpaired) electrons. The highest BCUT2D eigenvalue weighted by atomic mass is 16.5. The van der Waals surface area contributed by atoms with Crippen LogP contribution in [0.1, 0.15) is 53.8 Å². The highest BCUT2D eigenvalue weighted by Crippen LogP contribution is 2.32. The minimum atomic E-state index is -0.250. The second-order valence-corrected chi connectivity index (χ2v) is 10.4. The fourth-order valence-electron chi connectivity index (χ4n) is 5.12. The third-order valence-corrected chi connectivity index (χ3v) is 7.40. The summed E-state index contributed by atoms with van der Waals surface area (Å²) in [6.45, 7) is 3.45. The Bertz CT molecular complexity index is 1400. The second-order valence-electron chi connectivity index (χ2n) is 10.4. The predicted octanol–water partition coefficient (Wildman–Crippen LogP) is 3.25. The van der Waals surface area contributed by atoms with E-state index < -0.39 is 0 Å². The molecule has 1 atom stereocenters. The maximum absolute atomic E-state index is 13.2. The summed E-state index contributed by atoms with van der Waals surface area (Å²) in [5, 5.41) is 11.2. The average Bonchev–Trinajstić information content (AvgIpc) is 3.60. The number of aromatic nitrogens is 3. The molecule has 3 aromatic rings. The quantitative estimate of drug-likeness (QED) is 0.479. The first-order valence-electron chi connectivity index (χ1n) is 13.4. The van der Waals surface area contributed by atoms with Crippen LogP contribution in [0.25, 0.3) is 11.3 Å². The number of nitrogens with one attached hydrogen (secondary N) is 1. The van der Waals surface area contributed by atoms with Crippen LogP contribution in [0.2, 0.25) is 0 Å². The van der Waals surface area contributed by atoms with Gasteiger partial charge in [0.2, 0.25) is 11.8 Å². The van der Waals surface area contributed by atoms with Crippen molar-refractivity contribution >= 4 is 17.7 Å². The van der Waals surface area contributed by atoms with E-state index in [9.17, 15) is 14.4 Å². The van der Waals surface area contributed by atoms with Crippen LogP contribution in [-0.2, 0) is 16.1 Å². The molecule has 2 saturated heterocycles. The Hall–Kier alpha value is -4.34. The van der Waals surface area contributed by atoms with Crippen LogP contribution in [0, 0.1) is 6.92 Å². The van der Waals surface area contributed by atoms with Gasteiger partial charge in [-0.1, -0.05) is 6.07 Å². The Balaban J connectivity index is 1.21. The Labute approximate surface area is 226 Å². The number of ether oxygens (including phenoxy) is 1. The van der Waals surface area contributed by atoms with Gasteiger partial charge in [0.05, 0.1) is 12.2 Å². The average molecular weight is 527 g/mol. The van der Waals surface area contributed by atoms with Gasteiger partial charge in [0, 0.05) is 55.2 Å². The fraction of sp³-hybridized carbons (Fsp3) is 0.379. The molecule has 0 spiro atoms. The molecule has 1 unspecified atom stereocenters. The molecule has 10 heteroatoms. The number of benzene rings is 2. The van der Waals surface area contributed by atoms with E-state index in [0.717, 1.165) is 30.4 Å². The minimum absolute atomic E-state index is 0.105. The first-order chi connectivity index (χ1) is 18.9. The normalized spacial score (nSPS) is 19.1. The summed E-state index contributed by atoms with van der Waals surface area (Å²) in [6, 6.07) is 12.8. The zero-order chi connectivity index (χ0) is 26.9. The number of rotatable bonds is 8.